The van der Waals surface area contributed by atoms with Gasteiger partial charge in [-0.05, 0) is 43.2 Å². The minimum Gasteiger partial charge on any atom is -0.305 e. The van der Waals surface area contributed by atoms with Crippen LogP contribution in [0.4, 0.5) is 0 Å². The number of hydrogen-bond donors (Lipinski definition) is 1. The van der Waals surface area contributed by atoms with Crippen LogP contribution >= 0.6 is 11.8 Å². The Hall–Kier alpha value is -0.550. The second kappa shape index (κ2) is 5.83. The highest BCUT2D eigenvalue weighted by atomic mass is 32.2. The molecular formula is C14H22N2O2S. The highest BCUT2D eigenvalue weighted by Crippen LogP contribution is 2.28. The molecule has 5 heteroatoms. The van der Waals surface area contributed by atoms with Crippen molar-refractivity contribution in [2.24, 2.45) is 5.92 Å². The first-order chi connectivity index (χ1) is 9.25. The molecule has 0 radical (unpaired) electrons. The fraction of sp³-hybridized carbons (Fsp3) is 0.857. The van der Waals surface area contributed by atoms with Gasteiger partial charge in [0.2, 0.25) is 11.8 Å². The highest BCUT2D eigenvalue weighted by molar-refractivity contribution is 7.99. The third-order valence-corrected chi connectivity index (χ3v) is 5.78. The van der Waals surface area contributed by atoms with E-state index in [2.05, 4.69) is 5.32 Å². The van der Waals surface area contributed by atoms with Crippen molar-refractivity contribution in [3.05, 3.63) is 0 Å². The summed E-state index contributed by atoms with van der Waals surface area (Å²) in [6, 6.07) is -0.0625. The van der Waals surface area contributed by atoms with Crippen LogP contribution < -0.4 is 5.32 Å². The Bertz CT molecular complexity index is 362. The zero-order valence-electron chi connectivity index (χ0n) is 11.3. The molecule has 0 bridgehead atoms. The van der Waals surface area contributed by atoms with Crippen LogP contribution in [0.25, 0.3) is 0 Å². The van der Waals surface area contributed by atoms with Crippen LogP contribution in [-0.2, 0) is 9.59 Å². The number of likely N-dealkylation sites (tertiary alicyclic amines) is 1. The number of carbonyl (C=O) groups excluding carboxylic acids is 2. The molecule has 19 heavy (non-hydrogen) atoms. The van der Waals surface area contributed by atoms with Crippen molar-refractivity contribution in [2.45, 2.75) is 50.6 Å². The number of amides is 2. The lowest BCUT2D eigenvalue weighted by Crippen LogP contribution is -2.44. The van der Waals surface area contributed by atoms with Crippen LogP contribution in [0, 0.1) is 5.92 Å². The largest absolute Gasteiger partial charge is 0.305 e. The molecule has 4 nitrogen and oxygen atoms in total. The molecule has 0 aromatic carbocycles. The maximum Gasteiger partial charge on any atom is 0.247 e. The maximum atomic E-state index is 12.3. The summed E-state index contributed by atoms with van der Waals surface area (Å²) in [4.78, 5) is 25.9. The summed E-state index contributed by atoms with van der Waals surface area (Å²) < 4.78 is 0. The third kappa shape index (κ3) is 2.82. The molecular weight excluding hydrogens is 260 g/mol. The summed E-state index contributed by atoms with van der Waals surface area (Å²) in [6.45, 7) is 0.884. The number of thioether (sulfide) groups is 1. The van der Waals surface area contributed by atoms with Gasteiger partial charge >= 0.3 is 0 Å². The van der Waals surface area contributed by atoms with Gasteiger partial charge in [-0.15, -0.1) is 0 Å². The van der Waals surface area contributed by atoms with E-state index in [1.165, 1.54) is 17.9 Å². The first-order valence-corrected chi connectivity index (χ1v) is 8.58. The van der Waals surface area contributed by atoms with Crippen LogP contribution in [0.15, 0.2) is 0 Å². The Balaban J connectivity index is 1.55. The van der Waals surface area contributed by atoms with Gasteiger partial charge in [0.15, 0.2) is 0 Å². The summed E-state index contributed by atoms with van der Waals surface area (Å²) in [5, 5.41) is 3.33. The van der Waals surface area contributed by atoms with Gasteiger partial charge in [0.05, 0.1) is 12.5 Å². The first-order valence-electron chi connectivity index (χ1n) is 7.42. The van der Waals surface area contributed by atoms with Gasteiger partial charge < -0.3 is 5.32 Å². The molecule has 1 N–H and O–H groups in total. The van der Waals surface area contributed by atoms with E-state index >= 15 is 0 Å². The van der Waals surface area contributed by atoms with E-state index in [4.69, 9.17) is 0 Å². The Morgan fingerprint density at radius 2 is 2.00 bits per heavy atom. The predicted octanol–water partition coefficient (Wildman–Crippen LogP) is 1.40. The molecule has 2 amide bonds. The van der Waals surface area contributed by atoms with Gasteiger partial charge in [0.25, 0.3) is 0 Å². The van der Waals surface area contributed by atoms with Crippen molar-refractivity contribution in [3.8, 4) is 0 Å². The van der Waals surface area contributed by atoms with Gasteiger partial charge in [0.1, 0.15) is 0 Å². The maximum absolute atomic E-state index is 12.3. The van der Waals surface area contributed by atoms with Crippen molar-refractivity contribution in [2.75, 3.05) is 18.1 Å². The molecule has 2 heterocycles. The lowest BCUT2D eigenvalue weighted by Gasteiger charge is -2.22. The van der Waals surface area contributed by atoms with Crippen molar-refractivity contribution in [1.29, 1.82) is 0 Å². The standard InChI is InChI=1S/C14H22N2O2S/c17-13-7-12(15-8-10-5-6-19-9-10)14(18)16(13)11-3-1-2-4-11/h10-12,15H,1-9H2. The van der Waals surface area contributed by atoms with E-state index in [1.54, 1.807) is 4.90 Å². The average Bonchev–Trinajstić information content (AvgIpc) is 3.09. The van der Waals surface area contributed by atoms with Crippen molar-refractivity contribution in [3.63, 3.8) is 0 Å². The molecule has 0 aromatic heterocycles. The summed E-state index contributed by atoms with van der Waals surface area (Å²) in [5.74, 6) is 3.16. The number of imide groups is 1. The second-order valence-electron chi connectivity index (χ2n) is 5.93. The lowest BCUT2D eigenvalue weighted by molar-refractivity contribution is -0.141. The van der Waals surface area contributed by atoms with Gasteiger partial charge in [-0.1, -0.05) is 12.8 Å². The van der Waals surface area contributed by atoms with Crippen molar-refractivity contribution in [1.82, 2.24) is 10.2 Å². The number of nitrogens with one attached hydrogen (secondary N) is 1. The summed E-state index contributed by atoms with van der Waals surface area (Å²) in [5.41, 5.74) is 0. The molecule has 106 valence electrons. The number of carbonyl (C=O) groups is 2. The zero-order valence-corrected chi connectivity index (χ0v) is 12.1. The summed E-state index contributed by atoms with van der Waals surface area (Å²) >= 11 is 1.98. The SMILES string of the molecule is O=C1CC(NCC2CCSC2)C(=O)N1C1CCCC1. The Labute approximate surface area is 118 Å². The van der Waals surface area contributed by atoms with Gasteiger partial charge in [0, 0.05) is 6.04 Å². The fourth-order valence-electron chi connectivity index (χ4n) is 3.41. The van der Waals surface area contributed by atoms with Crippen LogP contribution in [0.3, 0.4) is 0 Å². The number of rotatable bonds is 4. The Morgan fingerprint density at radius 3 is 2.68 bits per heavy atom. The van der Waals surface area contributed by atoms with E-state index < -0.39 is 0 Å². The second-order valence-corrected chi connectivity index (χ2v) is 7.08. The first kappa shape index (κ1) is 13.4. The summed E-state index contributed by atoms with van der Waals surface area (Å²) in [7, 11) is 0. The van der Waals surface area contributed by atoms with Crippen LogP contribution in [0.5, 0.6) is 0 Å². The molecule has 1 saturated carbocycles. The molecule has 1 aliphatic carbocycles. The van der Waals surface area contributed by atoms with E-state index in [0.717, 1.165) is 32.2 Å². The molecule has 0 aromatic rings. The summed E-state index contributed by atoms with van der Waals surface area (Å²) in [6.07, 6.45) is 5.92. The topological polar surface area (TPSA) is 49.4 Å². The molecule has 2 aliphatic heterocycles. The highest BCUT2D eigenvalue weighted by Gasteiger charge is 2.42. The van der Waals surface area contributed by atoms with Crippen LogP contribution in [0.1, 0.15) is 38.5 Å². The molecule has 0 spiro atoms. The average molecular weight is 282 g/mol. The van der Waals surface area contributed by atoms with E-state index in [0.29, 0.717) is 12.3 Å². The zero-order chi connectivity index (χ0) is 13.2. The van der Waals surface area contributed by atoms with Gasteiger partial charge in [-0.2, -0.15) is 11.8 Å². The minimum absolute atomic E-state index is 0.0301. The molecule has 3 fully saturated rings. The molecule has 3 aliphatic rings. The van der Waals surface area contributed by atoms with Crippen LogP contribution in [0.2, 0.25) is 0 Å². The normalized spacial score (nSPS) is 32.7. The molecule has 2 unspecified atom stereocenters. The minimum atomic E-state index is -0.251. The molecule has 2 saturated heterocycles. The van der Waals surface area contributed by atoms with Crippen molar-refractivity contribution >= 4 is 23.6 Å². The molecule has 3 rings (SSSR count). The van der Waals surface area contributed by atoms with E-state index in [9.17, 15) is 9.59 Å². The smallest absolute Gasteiger partial charge is 0.247 e. The monoisotopic (exact) mass is 282 g/mol. The molecule has 2 atom stereocenters. The van der Waals surface area contributed by atoms with E-state index in [-0.39, 0.29) is 23.9 Å². The van der Waals surface area contributed by atoms with Gasteiger partial charge in [-0.3, -0.25) is 14.5 Å². The number of nitrogens with zero attached hydrogens (tertiary/aromatic N) is 1. The number of hydrogen-bond acceptors (Lipinski definition) is 4. The third-order valence-electron chi connectivity index (χ3n) is 4.55. The fourth-order valence-corrected chi connectivity index (χ4v) is 4.69. The van der Waals surface area contributed by atoms with Crippen LogP contribution in [-0.4, -0.2) is 46.8 Å². The van der Waals surface area contributed by atoms with Crippen molar-refractivity contribution < 1.29 is 9.59 Å². The predicted molar refractivity (Wildman–Crippen MR) is 75.9 cm³/mol. The Morgan fingerprint density at radius 1 is 1.21 bits per heavy atom. The van der Waals surface area contributed by atoms with E-state index in [1.807, 2.05) is 11.8 Å². The lowest BCUT2D eigenvalue weighted by atomic mass is 10.1. The quantitative estimate of drug-likeness (QED) is 0.792. The Kier molecular flexibility index (Phi) is 4.12. The van der Waals surface area contributed by atoms with Gasteiger partial charge in [-0.25, -0.2) is 0 Å².